The average Bonchev–Trinajstić information content (AvgIpc) is 2.61. The zero-order valence-electron chi connectivity index (χ0n) is 12.8. The molecule has 0 aliphatic carbocycles. The standard InChI is InChI=1S/C19H16ClO3P/c20-13-17-18(24(21,22)23)12-11-16(14-7-3-1-4-8-14)19(17)15-9-5-2-6-10-15/h1-12H,13H2,(H2,21,22,23). The van der Waals surface area contributed by atoms with E-state index < -0.39 is 7.60 Å². The zero-order valence-corrected chi connectivity index (χ0v) is 14.4. The molecule has 0 unspecified atom stereocenters. The summed E-state index contributed by atoms with van der Waals surface area (Å²) in [6, 6.07) is 22.5. The van der Waals surface area contributed by atoms with Crippen LogP contribution in [-0.4, -0.2) is 9.79 Å². The van der Waals surface area contributed by atoms with E-state index in [4.69, 9.17) is 11.6 Å². The lowest BCUT2D eigenvalue weighted by Crippen LogP contribution is -2.12. The Bertz CT molecular complexity index is 889. The first kappa shape index (κ1) is 16.9. The van der Waals surface area contributed by atoms with Crippen molar-refractivity contribution in [2.24, 2.45) is 0 Å². The van der Waals surface area contributed by atoms with Crippen LogP contribution in [0.3, 0.4) is 0 Å². The molecule has 122 valence electrons. The lowest BCUT2D eigenvalue weighted by Gasteiger charge is -2.19. The van der Waals surface area contributed by atoms with E-state index in [1.165, 1.54) is 6.07 Å². The number of alkyl halides is 1. The topological polar surface area (TPSA) is 57.5 Å². The summed E-state index contributed by atoms with van der Waals surface area (Å²) in [5.41, 5.74) is 3.98. The number of hydrogen-bond acceptors (Lipinski definition) is 1. The molecule has 0 saturated heterocycles. The first-order valence-corrected chi connectivity index (χ1v) is 9.56. The highest BCUT2D eigenvalue weighted by atomic mass is 35.5. The lowest BCUT2D eigenvalue weighted by atomic mass is 9.91. The molecular formula is C19H16ClO3P. The minimum absolute atomic E-state index is 0.0176. The van der Waals surface area contributed by atoms with Gasteiger partial charge in [0.05, 0.1) is 5.30 Å². The molecule has 0 atom stereocenters. The van der Waals surface area contributed by atoms with Crippen LogP contribution >= 0.6 is 19.2 Å². The summed E-state index contributed by atoms with van der Waals surface area (Å²) in [6.45, 7) is 0. The van der Waals surface area contributed by atoms with Gasteiger partial charge in [-0.3, -0.25) is 4.57 Å². The first-order chi connectivity index (χ1) is 11.5. The van der Waals surface area contributed by atoms with Crippen LogP contribution in [0.15, 0.2) is 72.8 Å². The van der Waals surface area contributed by atoms with Gasteiger partial charge in [0.15, 0.2) is 0 Å². The molecule has 24 heavy (non-hydrogen) atoms. The van der Waals surface area contributed by atoms with Crippen LogP contribution in [0.5, 0.6) is 0 Å². The molecule has 3 nitrogen and oxygen atoms in total. The van der Waals surface area contributed by atoms with Crippen molar-refractivity contribution in [1.82, 2.24) is 0 Å². The van der Waals surface area contributed by atoms with Crippen LogP contribution < -0.4 is 5.30 Å². The van der Waals surface area contributed by atoms with Crippen LogP contribution in [0.2, 0.25) is 0 Å². The second-order valence-corrected chi connectivity index (χ2v) is 7.23. The zero-order chi connectivity index (χ0) is 17.2. The lowest BCUT2D eigenvalue weighted by molar-refractivity contribution is 0.387. The van der Waals surface area contributed by atoms with E-state index in [1.54, 1.807) is 6.07 Å². The molecule has 3 aromatic rings. The van der Waals surface area contributed by atoms with Crippen molar-refractivity contribution in [2.75, 3.05) is 0 Å². The number of hydrogen-bond donors (Lipinski definition) is 2. The monoisotopic (exact) mass is 358 g/mol. The average molecular weight is 359 g/mol. The van der Waals surface area contributed by atoms with Gasteiger partial charge in [-0.25, -0.2) is 0 Å². The molecule has 0 fully saturated rings. The molecular weight excluding hydrogens is 343 g/mol. The van der Waals surface area contributed by atoms with Crippen molar-refractivity contribution in [1.29, 1.82) is 0 Å². The van der Waals surface area contributed by atoms with Crippen LogP contribution in [-0.2, 0) is 10.4 Å². The largest absolute Gasteiger partial charge is 0.356 e. The van der Waals surface area contributed by atoms with Gasteiger partial charge in [0.1, 0.15) is 0 Å². The van der Waals surface area contributed by atoms with E-state index >= 15 is 0 Å². The smallest absolute Gasteiger partial charge is 0.321 e. The minimum Gasteiger partial charge on any atom is -0.321 e. The number of halogens is 1. The Labute approximate surface area is 145 Å². The van der Waals surface area contributed by atoms with E-state index in [9.17, 15) is 14.4 Å². The van der Waals surface area contributed by atoms with Crippen molar-refractivity contribution in [2.45, 2.75) is 5.88 Å². The molecule has 2 N–H and O–H groups in total. The normalized spacial score (nSPS) is 11.5. The van der Waals surface area contributed by atoms with Gasteiger partial charge in [-0.15, -0.1) is 11.6 Å². The van der Waals surface area contributed by atoms with E-state index in [-0.39, 0.29) is 11.2 Å². The highest BCUT2D eigenvalue weighted by molar-refractivity contribution is 7.60. The van der Waals surface area contributed by atoms with Gasteiger partial charge in [-0.1, -0.05) is 66.7 Å². The maximum Gasteiger partial charge on any atom is 0.356 e. The summed E-state index contributed by atoms with van der Waals surface area (Å²) in [6.07, 6.45) is 0. The van der Waals surface area contributed by atoms with Gasteiger partial charge in [-0.05, 0) is 33.9 Å². The molecule has 0 saturated carbocycles. The summed E-state index contributed by atoms with van der Waals surface area (Å²) in [5, 5.41) is -0.0176. The fourth-order valence-corrected chi connectivity index (χ4v) is 4.02. The van der Waals surface area contributed by atoms with Crippen LogP contribution in [0.1, 0.15) is 5.56 Å². The molecule has 0 aliphatic heterocycles. The molecule has 0 amide bonds. The van der Waals surface area contributed by atoms with E-state index in [0.29, 0.717) is 5.56 Å². The van der Waals surface area contributed by atoms with Crippen molar-refractivity contribution in [3.05, 3.63) is 78.4 Å². The van der Waals surface area contributed by atoms with Crippen LogP contribution in [0.25, 0.3) is 22.3 Å². The Balaban J connectivity index is 2.38. The summed E-state index contributed by atoms with van der Waals surface area (Å²) >= 11 is 6.11. The van der Waals surface area contributed by atoms with Crippen molar-refractivity contribution >= 4 is 24.5 Å². The number of rotatable bonds is 4. The van der Waals surface area contributed by atoms with E-state index in [2.05, 4.69) is 0 Å². The van der Waals surface area contributed by atoms with Crippen molar-refractivity contribution in [3.8, 4) is 22.3 Å². The Morgan fingerprint density at radius 1 is 0.792 bits per heavy atom. The third-order valence-corrected chi connectivity index (χ3v) is 5.20. The Hall–Kier alpha value is -1.90. The molecule has 0 aliphatic rings. The van der Waals surface area contributed by atoms with E-state index in [0.717, 1.165) is 22.3 Å². The molecule has 0 heterocycles. The quantitative estimate of drug-likeness (QED) is 0.531. The third-order valence-electron chi connectivity index (χ3n) is 3.88. The highest BCUT2D eigenvalue weighted by Gasteiger charge is 2.25. The molecule has 0 bridgehead atoms. The van der Waals surface area contributed by atoms with Crippen LogP contribution in [0, 0.1) is 0 Å². The summed E-state index contributed by atoms with van der Waals surface area (Å²) in [5.74, 6) is 0.0192. The van der Waals surface area contributed by atoms with Gasteiger partial charge in [-0.2, -0.15) is 0 Å². The maximum absolute atomic E-state index is 11.9. The fourth-order valence-electron chi connectivity index (χ4n) is 2.84. The second kappa shape index (κ2) is 6.92. The van der Waals surface area contributed by atoms with Crippen LogP contribution in [0.4, 0.5) is 0 Å². The Kier molecular flexibility index (Phi) is 4.88. The molecule has 5 heteroatoms. The Morgan fingerprint density at radius 2 is 1.33 bits per heavy atom. The Morgan fingerprint density at radius 3 is 1.83 bits per heavy atom. The predicted octanol–water partition coefficient (Wildman–Crippen LogP) is 4.56. The molecule has 0 radical (unpaired) electrons. The van der Waals surface area contributed by atoms with Gasteiger partial charge in [0.2, 0.25) is 0 Å². The summed E-state index contributed by atoms with van der Waals surface area (Å²) < 4.78 is 11.9. The summed E-state index contributed by atoms with van der Waals surface area (Å²) in [4.78, 5) is 19.4. The fraction of sp³-hybridized carbons (Fsp3) is 0.0526. The second-order valence-electron chi connectivity index (χ2n) is 5.40. The molecule has 3 aromatic carbocycles. The third kappa shape index (κ3) is 3.31. The predicted molar refractivity (Wildman–Crippen MR) is 98.5 cm³/mol. The first-order valence-electron chi connectivity index (χ1n) is 7.41. The molecule has 3 rings (SSSR count). The minimum atomic E-state index is -4.42. The van der Waals surface area contributed by atoms with Gasteiger partial charge < -0.3 is 9.79 Å². The van der Waals surface area contributed by atoms with E-state index in [1.807, 2.05) is 60.7 Å². The maximum atomic E-state index is 11.9. The highest BCUT2D eigenvalue weighted by Crippen LogP contribution is 2.42. The van der Waals surface area contributed by atoms with Gasteiger partial charge in [0.25, 0.3) is 0 Å². The molecule has 0 spiro atoms. The summed E-state index contributed by atoms with van der Waals surface area (Å²) in [7, 11) is -4.42. The number of benzene rings is 3. The molecule has 0 aromatic heterocycles. The SMILES string of the molecule is O=P(O)(O)c1ccc(-c2ccccc2)c(-c2ccccc2)c1CCl. The van der Waals surface area contributed by atoms with Crippen molar-refractivity contribution in [3.63, 3.8) is 0 Å². The van der Waals surface area contributed by atoms with Crippen molar-refractivity contribution < 1.29 is 14.4 Å². The van der Waals surface area contributed by atoms with Gasteiger partial charge in [0, 0.05) is 5.88 Å². The van der Waals surface area contributed by atoms with Gasteiger partial charge >= 0.3 is 7.60 Å².